The maximum Gasteiger partial charge on any atom is 0.329 e. The van der Waals surface area contributed by atoms with Gasteiger partial charge in [-0.3, -0.25) is 9.59 Å². The Hall–Kier alpha value is -2.62. The molecule has 0 bridgehead atoms. The SMILES string of the molecule is CCOC(=O)[C@@]12C[C@@H](c3ccccc3)[C@@H]1c1ccccc1OC2=O. The summed E-state index contributed by atoms with van der Waals surface area (Å²) < 4.78 is 10.7. The standard InChI is InChI=1S/C20H18O4/c1-2-23-18(21)20-12-15(13-8-4-3-5-9-13)17(20)14-10-6-7-11-16(14)24-19(20)22/h3-11,15,17H,2,12H2,1H3/t15-,17-,20+/m0/s1. The van der Waals surface area contributed by atoms with Gasteiger partial charge in [-0.1, -0.05) is 48.5 Å². The molecule has 0 saturated heterocycles. The Labute approximate surface area is 140 Å². The number of fused-ring (bicyclic) bond motifs is 3. The van der Waals surface area contributed by atoms with Crippen LogP contribution in [0.1, 0.15) is 36.3 Å². The predicted octanol–water partition coefficient (Wildman–Crippen LogP) is 3.43. The van der Waals surface area contributed by atoms with Crippen LogP contribution in [0.3, 0.4) is 0 Å². The average Bonchev–Trinajstić information content (AvgIpc) is 2.56. The molecule has 2 aromatic carbocycles. The lowest BCUT2D eigenvalue weighted by Crippen LogP contribution is -2.59. The summed E-state index contributed by atoms with van der Waals surface area (Å²) in [4.78, 5) is 25.4. The van der Waals surface area contributed by atoms with E-state index in [2.05, 4.69) is 0 Å². The highest BCUT2D eigenvalue weighted by Crippen LogP contribution is 2.65. The molecule has 1 saturated carbocycles. The summed E-state index contributed by atoms with van der Waals surface area (Å²) in [5.74, 6) is -0.549. The number of carbonyl (C=O) groups is 2. The lowest BCUT2D eigenvalue weighted by atomic mass is 9.49. The van der Waals surface area contributed by atoms with Gasteiger partial charge in [0.2, 0.25) is 0 Å². The van der Waals surface area contributed by atoms with Crippen molar-refractivity contribution in [3.05, 3.63) is 65.7 Å². The van der Waals surface area contributed by atoms with E-state index in [1.807, 2.05) is 48.5 Å². The lowest BCUT2D eigenvalue weighted by Gasteiger charge is -2.53. The van der Waals surface area contributed by atoms with Gasteiger partial charge in [-0.2, -0.15) is 0 Å². The number of hydrogen-bond donors (Lipinski definition) is 0. The maximum absolute atomic E-state index is 12.7. The molecule has 0 unspecified atom stereocenters. The Morgan fingerprint density at radius 3 is 2.62 bits per heavy atom. The van der Waals surface area contributed by atoms with Crippen LogP contribution < -0.4 is 4.74 Å². The van der Waals surface area contributed by atoms with Gasteiger partial charge >= 0.3 is 11.9 Å². The highest BCUT2D eigenvalue weighted by Gasteiger charge is 2.68. The molecule has 3 atom stereocenters. The van der Waals surface area contributed by atoms with Gasteiger partial charge in [0.05, 0.1) is 6.61 Å². The fourth-order valence-electron chi connectivity index (χ4n) is 4.05. The Morgan fingerprint density at radius 1 is 1.17 bits per heavy atom. The van der Waals surface area contributed by atoms with Gasteiger partial charge in [-0.05, 0) is 30.9 Å². The van der Waals surface area contributed by atoms with Crippen molar-refractivity contribution in [3.63, 3.8) is 0 Å². The topological polar surface area (TPSA) is 52.6 Å². The van der Waals surface area contributed by atoms with Crippen LogP contribution in [0.2, 0.25) is 0 Å². The second-order valence-corrected chi connectivity index (χ2v) is 6.32. The molecule has 0 amide bonds. The highest BCUT2D eigenvalue weighted by molar-refractivity contribution is 6.05. The smallest absolute Gasteiger partial charge is 0.329 e. The number of ether oxygens (including phenoxy) is 2. The van der Waals surface area contributed by atoms with Crippen molar-refractivity contribution < 1.29 is 19.1 Å². The molecule has 122 valence electrons. The van der Waals surface area contributed by atoms with Crippen molar-refractivity contribution in [2.45, 2.75) is 25.2 Å². The van der Waals surface area contributed by atoms with E-state index >= 15 is 0 Å². The van der Waals surface area contributed by atoms with Gasteiger partial charge in [0.15, 0.2) is 5.41 Å². The van der Waals surface area contributed by atoms with Crippen LogP contribution in [0, 0.1) is 5.41 Å². The van der Waals surface area contributed by atoms with Crippen LogP contribution in [-0.2, 0) is 14.3 Å². The molecule has 0 radical (unpaired) electrons. The quantitative estimate of drug-likeness (QED) is 0.493. The summed E-state index contributed by atoms with van der Waals surface area (Å²) in [6.45, 7) is 2.00. The zero-order valence-corrected chi connectivity index (χ0v) is 13.4. The molecule has 0 aromatic heterocycles. The van der Waals surface area contributed by atoms with E-state index in [1.165, 1.54) is 0 Å². The van der Waals surface area contributed by atoms with E-state index in [1.54, 1.807) is 13.0 Å². The van der Waals surface area contributed by atoms with Crippen LogP contribution in [0.5, 0.6) is 5.75 Å². The van der Waals surface area contributed by atoms with Crippen molar-refractivity contribution in [3.8, 4) is 5.75 Å². The number of benzene rings is 2. The molecule has 0 N–H and O–H groups in total. The van der Waals surface area contributed by atoms with E-state index in [9.17, 15) is 9.59 Å². The third-order valence-electron chi connectivity index (χ3n) is 5.16. The number of para-hydroxylation sites is 1. The molecule has 1 aliphatic carbocycles. The molecule has 0 spiro atoms. The first-order chi connectivity index (χ1) is 11.7. The first kappa shape index (κ1) is 14.9. The first-order valence-electron chi connectivity index (χ1n) is 8.22. The van der Waals surface area contributed by atoms with Gasteiger partial charge in [-0.15, -0.1) is 0 Å². The van der Waals surface area contributed by atoms with Crippen LogP contribution >= 0.6 is 0 Å². The first-order valence-corrected chi connectivity index (χ1v) is 8.22. The van der Waals surface area contributed by atoms with Crippen LogP contribution in [-0.4, -0.2) is 18.5 Å². The third-order valence-corrected chi connectivity index (χ3v) is 5.16. The number of carbonyl (C=O) groups excluding carboxylic acids is 2. The minimum atomic E-state index is -1.22. The van der Waals surface area contributed by atoms with Crippen molar-refractivity contribution in [1.82, 2.24) is 0 Å². The molecule has 4 nitrogen and oxygen atoms in total. The Morgan fingerprint density at radius 2 is 1.88 bits per heavy atom. The van der Waals surface area contributed by atoms with E-state index in [-0.39, 0.29) is 18.4 Å². The van der Waals surface area contributed by atoms with Crippen molar-refractivity contribution >= 4 is 11.9 Å². The molecule has 4 rings (SSSR count). The molecule has 2 aromatic rings. The fraction of sp³-hybridized carbons (Fsp3) is 0.300. The molecule has 2 aliphatic rings. The summed E-state index contributed by atoms with van der Waals surface area (Å²) in [5, 5.41) is 0. The molecule has 4 heteroatoms. The zero-order valence-electron chi connectivity index (χ0n) is 13.4. The van der Waals surface area contributed by atoms with Crippen molar-refractivity contribution in [2.75, 3.05) is 6.61 Å². The highest BCUT2D eigenvalue weighted by atomic mass is 16.6. The lowest BCUT2D eigenvalue weighted by molar-refractivity contribution is -0.180. The van der Waals surface area contributed by atoms with Crippen molar-refractivity contribution in [1.29, 1.82) is 0 Å². The molecular weight excluding hydrogens is 304 g/mol. The monoisotopic (exact) mass is 322 g/mol. The van der Waals surface area contributed by atoms with Gasteiger partial charge in [0.25, 0.3) is 0 Å². The minimum Gasteiger partial charge on any atom is -0.465 e. The van der Waals surface area contributed by atoms with E-state index in [0.29, 0.717) is 12.2 Å². The minimum absolute atomic E-state index is 0.101. The third kappa shape index (κ3) is 1.92. The normalized spacial score (nSPS) is 27.3. The molecule has 24 heavy (non-hydrogen) atoms. The summed E-state index contributed by atoms with van der Waals surface area (Å²) in [7, 11) is 0. The van der Waals surface area contributed by atoms with Crippen molar-refractivity contribution in [2.24, 2.45) is 5.41 Å². The van der Waals surface area contributed by atoms with Crippen LogP contribution in [0.25, 0.3) is 0 Å². The van der Waals surface area contributed by atoms with E-state index in [4.69, 9.17) is 9.47 Å². The Bertz CT molecular complexity index is 798. The van der Waals surface area contributed by atoms with Gasteiger partial charge in [0, 0.05) is 11.5 Å². The second-order valence-electron chi connectivity index (χ2n) is 6.32. The summed E-state index contributed by atoms with van der Waals surface area (Å²) >= 11 is 0. The largest absolute Gasteiger partial charge is 0.465 e. The van der Waals surface area contributed by atoms with Gasteiger partial charge < -0.3 is 9.47 Å². The van der Waals surface area contributed by atoms with E-state index in [0.717, 1.165) is 11.1 Å². The molecule has 1 heterocycles. The average molecular weight is 322 g/mol. The number of hydrogen-bond acceptors (Lipinski definition) is 4. The summed E-state index contributed by atoms with van der Waals surface area (Å²) in [6, 6.07) is 17.5. The van der Waals surface area contributed by atoms with Gasteiger partial charge in [0.1, 0.15) is 5.75 Å². The number of rotatable bonds is 3. The molecule has 1 aliphatic heterocycles. The second kappa shape index (κ2) is 5.48. The zero-order chi connectivity index (χ0) is 16.7. The summed E-state index contributed by atoms with van der Waals surface area (Å²) in [6.07, 6.45) is 0.424. The maximum atomic E-state index is 12.7. The number of esters is 2. The van der Waals surface area contributed by atoms with Crippen LogP contribution in [0.15, 0.2) is 54.6 Å². The van der Waals surface area contributed by atoms with Gasteiger partial charge in [-0.25, -0.2) is 0 Å². The molecule has 1 fully saturated rings. The Kier molecular flexibility index (Phi) is 3.41. The summed E-state index contributed by atoms with van der Waals surface area (Å²) in [5.41, 5.74) is 0.822. The Balaban J connectivity index is 1.83. The fourth-order valence-corrected chi connectivity index (χ4v) is 4.05. The predicted molar refractivity (Wildman–Crippen MR) is 87.7 cm³/mol. The van der Waals surface area contributed by atoms with E-state index < -0.39 is 17.4 Å². The molecular formula is C20H18O4. The van der Waals surface area contributed by atoms with Crippen LogP contribution in [0.4, 0.5) is 0 Å².